The van der Waals surface area contributed by atoms with E-state index in [2.05, 4.69) is 5.32 Å². The van der Waals surface area contributed by atoms with Crippen LogP contribution in [0.3, 0.4) is 0 Å². The lowest BCUT2D eigenvalue weighted by molar-refractivity contribution is 0.0951. The Balaban J connectivity index is 2.01. The second-order valence-electron chi connectivity index (χ2n) is 4.63. The Morgan fingerprint density at radius 1 is 1.20 bits per heavy atom. The molecule has 2 aromatic rings. The molecule has 4 heteroatoms. The molecule has 0 saturated carbocycles. The molecule has 0 saturated heterocycles. The van der Waals surface area contributed by atoms with E-state index < -0.39 is 5.82 Å². The van der Waals surface area contributed by atoms with E-state index in [1.807, 2.05) is 19.1 Å². The summed E-state index contributed by atoms with van der Waals surface area (Å²) in [6.45, 7) is 1.89. The van der Waals surface area contributed by atoms with Gasteiger partial charge in [0.1, 0.15) is 5.82 Å². The van der Waals surface area contributed by atoms with Gasteiger partial charge < -0.3 is 10.4 Å². The van der Waals surface area contributed by atoms with Crippen molar-refractivity contribution in [2.75, 3.05) is 0 Å². The number of aliphatic hydroxyl groups excluding tert-OH is 1. The van der Waals surface area contributed by atoms with Crippen molar-refractivity contribution in [3.63, 3.8) is 0 Å². The van der Waals surface area contributed by atoms with Gasteiger partial charge in [-0.05, 0) is 36.8 Å². The largest absolute Gasteiger partial charge is 0.392 e. The molecule has 2 N–H and O–H groups in total. The fraction of sp³-hybridized carbons (Fsp3) is 0.188. The summed E-state index contributed by atoms with van der Waals surface area (Å²) in [6.07, 6.45) is 0. The SMILES string of the molecule is Cc1ccc(C(=O)NCc2ccc(F)c(CO)c2)cc1. The van der Waals surface area contributed by atoms with Crippen LogP contribution in [-0.4, -0.2) is 11.0 Å². The maximum absolute atomic E-state index is 13.2. The van der Waals surface area contributed by atoms with Crippen molar-refractivity contribution in [2.24, 2.45) is 0 Å². The van der Waals surface area contributed by atoms with Gasteiger partial charge in [-0.2, -0.15) is 0 Å². The molecule has 2 aromatic carbocycles. The Morgan fingerprint density at radius 2 is 1.90 bits per heavy atom. The van der Waals surface area contributed by atoms with Crippen molar-refractivity contribution in [3.8, 4) is 0 Å². The zero-order valence-corrected chi connectivity index (χ0v) is 11.2. The average Bonchev–Trinajstić information content (AvgIpc) is 2.46. The van der Waals surface area contributed by atoms with Gasteiger partial charge in [-0.15, -0.1) is 0 Å². The van der Waals surface area contributed by atoms with E-state index in [1.165, 1.54) is 6.07 Å². The molecule has 20 heavy (non-hydrogen) atoms. The zero-order valence-electron chi connectivity index (χ0n) is 11.2. The molecule has 0 bridgehead atoms. The summed E-state index contributed by atoms with van der Waals surface area (Å²) in [7, 11) is 0. The lowest BCUT2D eigenvalue weighted by Crippen LogP contribution is -2.22. The Kier molecular flexibility index (Phi) is 4.48. The van der Waals surface area contributed by atoms with Crippen LogP contribution in [-0.2, 0) is 13.2 Å². The van der Waals surface area contributed by atoms with Gasteiger partial charge >= 0.3 is 0 Å². The van der Waals surface area contributed by atoms with E-state index in [0.29, 0.717) is 12.1 Å². The number of halogens is 1. The molecule has 2 rings (SSSR count). The number of hydrogen-bond acceptors (Lipinski definition) is 2. The summed E-state index contributed by atoms with van der Waals surface area (Å²) in [4.78, 5) is 11.9. The summed E-state index contributed by atoms with van der Waals surface area (Å²) in [5, 5.41) is 11.8. The lowest BCUT2D eigenvalue weighted by Gasteiger charge is -2.07. The number of carbonyl (C=O) groups is 1. The number of hydrogen-bond donors (Lipinski definition) is 2. The van der Waals surface area contributed by atoms with Crippen molar-refractivity contribution in [1.82, 2.24) is 5.32 Å². The van der Waals surface area contributed by atoms with Crippen LogP contribution >= 0.6 is 0 Å². The van der Waals surface area contributed by atoms with Gasteiger partial charge in [0.2, 0.25) is 0 Å². The lowest BCUT2D eigenvalue weighted by atomic mass is 10.1. The third kappa shape index (κ3) is 3.42. The van der Waals surface area contributed by atoms with Crippen LogP contribution in [0.2, 0.25) is 0 Å². The van der Waals surface area contributed by atoms with Gasteiger partial charge in [0.25, 0.3) is 5.91 Å². The maximum Gasteiger partial charge on any atom is 0.251 e. The van der Waals surface area contributed by atoms with Crippen LogP contribution < -0.4 is 5.32 Å². The van der Waals surface area contributed by atoms with Crippen molar-refractivity contribution in [1.29, 1.82) is 0 Å². The first kappa shape index (κ1) is 14.2. The average molecular weight is 273 g/mol. The monoisotopic (exact) mass is 273 g/mol. The van der Waals surface area contributed by atoms with E-state index in [4.69, 9.17) is 5.11 Å². The Bertz CT molecular complexity index is 608. The quantitative estimate of drug-likeness (QED) is 0.899. The first-order chi connectivity index (χ1) is 9.60. The number of aliphatic hydroxyl groups is 1. The molecular formula is C16H16FNO2. The third-order valence-corrected chi connectivity index (χ3v) is 3.05. The molecule has 104 valence electrons. The fourth-order valence-electron chi connectivity index (χ4n) is 1.85. The summed E-state index contributed by atoms with van der Waals surface area (Å²) in [6, 6.07) is 11.7. The topological polar surface area (TPSA) is 49.3 Å². The number of aryl methyl sites for hydroxylation is 1. The van der Waals surface area contributed by atoms with E-state index in [9.17, 15) is 9.18 Å². The van der Waals surface area contributed by atoms with E-state index in [-0.39, 0.29) is 18.1 Å². The molecule has 0 radical (unpaired) electrons. The van der Waals surface area contributed by atoms with Crippen molar-refractivity contribution in [2.45, 2.75) is 20.1 Å². The predicted molar refractivity (Wildman–Crippen MR) is 74.7 cm³/mol. The molecule has 0 fully saturated rings. The van der Waals surface area contributed by atoms with Crippen LogP contribution in [0.25, 0.3) is 0 Å². The molecule has 3 nitrogen and oxygen atoms in total. The van der Waals surface area contributed by atoms with Gasteiger partial charge in [-0.25, -0.2) is 4.39 Å². The van der Waals surface area contributed by atoms with Crippen LogP contribution in [0.1, 0.15) is 27.0 Å². The molecule has 0 aliphatic heterocycles. The number of rotatable bonds is 4. The van der Waals surface area contributed by atoms with Crippen LogP contribution in [0, 0.1) is 12.7 Å². The van der Waals surface area contributed by atoms with E-state index in [0.717, 1.165) is 11.1 Å². The molecule has 0 atom stereocenters. The Hall–Kier alpha value is -2.20. The highest BCUT2D eigenvalue weighted by molar-refractivity contribution is 5.94. The molecule has 1 amide bonds. The van der Waals surface area contributed by atoms with Gasteiger partial charge in [-0.3, -0.25) is 4.79 Å². The molecule has 0 aliphatic carbocycles. The summed E-state index contributed by atoms with van der Waals surface area (Å²) in [5.41, 5.74) is 2.65. The number of amides is 1. The van der Waals surface area contributed by atoms with Crippen LogP contribution in [0.15, 0.2) is 42.5 Å². The third-order valence-electron chi connectivity index (χ3n) is 3.05. The first-order valence-corrected chi connectivity index (χ1v) is 6.33. The summed E-state index contributed by atoms with van der Waals surface area (Å²) < 4.78 is 13.2. The highest BCUT2D eigenvalue weighted by Gasteiger charge is 2.06. The molecule has 0 unspecified atom stereocenters. The van der Waals surface area contributed by atoms with Crippen molar-refractivity contribution >= 4 is 5.91 Å². The maximum atomic E-state index is 13.2. The standard InChI is InChI=1S/C16H16FNO2/c1-11-2-5-13(6-3-11)16(20)18-9-12-4-7-15(17)14(8-12)10-19/h2-8,19H,9-10H2,1H3,(H,18,20). The minimum Gasteiger partial charge on any atom is -0.392 e. The molecule has 0 heterocycles. The second kappa shape index (κ2) is 6.30. The fourth-order valence-corrected chi connectivity index (χ4v) is 1.85. The smallest absolute Gasteiger partial charge is 0.251 e. The van der Waals surface area contributed by atoms with Gasteiger partial charge in [0.15, 0.2) is 0 Å². The van der Waals surface area contributed by atoms with Gasteiger partial charge in [-0.1, -0.05) is 23.8 Å². The summed E-state index contributed by atoms with van der Waals surface area (Å²) in [5.74, 6) is -0.624. The highest BCUT2D eigenvalue weighted by atomic mass is 19.1. The second-order valence-corrected chi connectivity index (χ2v) is 4.63. The molecule has 0 aromatic heterocycles. The van der Waals surface area contributed by atoms with Gasteiger partial charge in [0.05, 0.1) is 6.61 Å². The minimum atomic E-state index is -0.443. The first-order valence-electron chi connectivity index (χ1n) is 6.33. The van der Waals surface area contributed by atoms with Crippen molar-refractivity contribution < 1.29 is 14.3 Å². The van der Waals surface area contributed by atoms with Gasteiger partial charge in [0, 0.05) is 17.7 Å². The zero-order chi connectivity index (χ0) is 14.5. The normalized spacial score (nSPS) is 10.3. The predicted octanol–water partition coefficient (Wildman–Crippen LogP) is 2.56. The van der Waals surface area contributed by atoms with E-state index in [1.54, 1.807) is 24.3 Å². The van der Waals surface area contributed by atoms with Crippen LogP contribution in [0.4, 0.5) is 4.39 Å². The summed E-state index contributed by atoms with van der Waals surface area (Å²) >= 11 is 0. The Labute approximate surface area is 117 Å². The molecule has 0 aliphatic rings. The van der Waals surface area contributed by atoms with Crippen LogP contribution in [0.5, 0.6) is 0 Å². The molecule has 0 spiro atoms. The minimum absolute atomic E-state index is 0.181. The number of nitrogens with one attached hydrogen (secondary N) is 1. The number of carbonyl (C=O) groups excluding carboxylic acids is 1. The number of benzene rings is 2. The van der Waals surface area contributed by atoms with Crippen molar-refractivity contribution in [3.05, 3.63) is 70.5 Å². The van der Waals surface area contributed by atoms with E-state index >= 15 is 0 Å². The molecular weight excluding hydrogens is 257 g/mol. The highest BCUT2D eigenvalue weighted by Crippen LogP contribution is 2.11. The Morgan fingerprint density at radius 3 is 2.55 bits per heavy atom.